The van der Waals surface area contributed by atoms with Gasteiger partial charge in [-0.3, -0.25) is 0 Å². The molecular weight excluding hydrogens is 444 g/mol. The van der Waals surface area contributed by atoms with Gasteiger partial charge in [0.05, 0.1) is 18.6 Å². The Balaban J connectivity index is 1.84. The van der Waals surface area contributed by atoms with Gasteiger partial charge in [0.25, 0.3) is 0 Å². The molecule has 3 rings (SSSR count). The Morgan fingerprint density at radius 2 is 1.73 bits per heavy atom. The molecule has 176 valence electrons. The summed E-state index contributed by atoms with van der Waals surface area (Å²) in [6.45, 7) is 6.94. The van der Waals surface area contributed by atoms with Crippen LogP contribution in [0.1, 0.15) is 38.3 Å². The predicted molar refractivity (Wildman–Crippen MR) is 126 cm³/mol. The second-order valence-electron chi connectivity index (χ2n) is 7.21. The largest absolute Gasteiger partial charge is 0.493 e. The van der Waals surface area contributed by atoms with Gasteiger partial charge in [-0.25, -0.2) is 18.2 Å². The molecule has 0 saturated carbocycles. The van der Waals surface area contributed by atoms with Gasteiger partial charge in [0.2, 0.25) is 15.9 Å². The molecule has 0 fully saturated rings. The van der Waals surface area contributed by atoms with Crippen LogP contribution in [0.15, 0.2) is 58.0 Å². The van der Waals surface area contributed by atoms with E-state index in [2.05, 4.69) is 4.99 Å². The molecular formula is C24H28N2O6S. The van der Waals surface area contributed by atoms with Crippen LogP contribution in [0.25, 0.3) is 6.08 Å². The van der Waals surface area contributed by atoms with Crippen LogP contribution in [0, 0.1) is 0 Å². The number of methoxy groups -OCH3 is 1. The molecule has 0 unspecified atom stereocenters. The Kier molecular flexibility index (Phi) is 7.88. The highest BCUT2D eigenvalue weighted by Gasteiger charge is 2.26. The summed E-state index contributed by atoms with van der Waals surface area (Å²) in [6, 6.07) is 11.5. The fourth-order valence-electron chi connectivity index (χ4n) is 3.28. The molecule has 0 bridgehead atoms. The molecule has 0 aliphatic carbocycles. The van der Waals surface area contributed by atoms with Crippen LogP contribution in [0.2, 0.25) is 0 Å². The number of hydrogen-bond donors (Lipinski definition) is 0. The summed E-state index contributed by atoms with van der Waals surface area (Å²) in [4.78, 5) is 16.8. The van der Waals surface area contributed by atoms with Crippen LogP contribution in [-0.4, -0.2) is 51.4 Å². The van der Waals surface area contributed by atoms with Crippen LogP contribution in [0.4, 0.5) is 0 Å². The number of ether oxygens (including phenoxy) is 3. The fraction of sp³-hybridized carbons (Fsp3) is 0.333. The quantitative estimate of drug-likeness (QED) is 0.385. The van der Waals surface area contributed by atoms with E-state index in [1.807, 2.05) is 6.92 Å². The Morgan fingerprint density at radius 1 is 1.03 bits per heavy atom. The first-order valence-corrected chi connectivity index (χ1v) is 12.2. The van der Waals surface area contributed by atoms with Gasteiger partial charge in [-0.05, 0) is 54.5 Å². The minimum absolute atomic E-state index is 0.118. The third kappa shape index (κ3) is 5.43. The maximum Gasteiger partial charge on any atom is 0.363 e. The van der Waals surface area contributed by atoms with Gasteiger partial charge < -0.3 is 14.2 Å². The van der Waals surface area contributed by atoms with Gasteiger partial charge in [0.1, 0.15) is 0 Å². The van der Waals surface area contributed by atoms with Crippen LogP contribution in [-0.2, 0) is 19.6 Å². The van der Waals surface area contributed by atoms with Crippen molar-refractivity contribution in [2.45, 2.75) is 32.1 Å². The second-order valence-corrected chi connectivity index (χ2v) is 9.15. The molecule has 1 aliphatic rings. The van der Waals surface area contributed by atoms with Crippen molar-refractivity contribution in [3.05, 3.63) is 59.3 Å². The number of esters is 1. The van der Waals surface area contributed by atoms with E-state index in [0.29, 0.717) is 42.3 Å². The molecule has 0 N–H and O–H groups in total. The number of aliphatic imine (C=N–C) groups is 1. The van der Waals surface area contributed by atoms with Crippen molar-refractivity contribution in [1.29, 1.82) is 0 Å². The lowest BCUT2D eigenvalue weighted by molar-refractivity contribution is -0.129. The zero-order valence-corrected chi connectivity index (χ0v) is 20.0. The number of hydrogen-bond acceptors (Lipinski definition) is 7. The van der Waals surface area contributed by atoms with Crippen molar-refractivity contribution in [2.75, 3.05) is 26.8 Å². The lowest BCUT2D eigenvalue weighted by Crippen LogP contribution is -2.30. The number of carbonyl (C=O) groups excluding carboxylic acids is 1. The lowest BCUT2D eigenvalue weighted by Gasteiger charge is -2.18. The average Bonchev–Trinajstić information content (AvgIpc) is 3.18. The van der Waals surface area contributed by atoms with Gasteiger partial charge in [-0.15, -0.1) is 0 Å². The molecule has 0 radical (unpaired) electrons. The van der Waals surface area contributed by atoms with E-state index < -0.39 is 16.0 Å². The predicted octanol–water partition coefficient (Wildman–Crippen LogP) is 3.86. The lowest BCUT2D eigenvalue weighted by atomic mass is 10.1. The summed E-state index contributed by atoms with van der Waals surface area (Å²) in [5.41, 5.74) is 1.34. The highest BCUT2D eigenvalue weighted by Crippen LogP contribution is 2.30. The summed E-state index contributed by atoms with van der Waals surface area (Å²) >= 11 is 0. The van der Waals surface area contributed by atoms with Gasteiger partial charge in [0, 0.05) is 18.7 Å². The van der Waals surface area contributed by atoms with E-state index in [9.17, 15) is 13.2 Å². The fourth-order valence-corrected chi connectivity index (χ4v) is 4.74. The van der Waals surface area contributed by atoms with E-state index in [4.69, 9.17) is 14.2 Å². The smallest absolute Gasteiger partial charge is 0.363 e. The first-order valence-electron chi connectivity index (χ1n) is 10.8. The van der Waals surface area contributed by atoms with Crippen molar-refractivity contribution in [2.24, 2.45) is 4.99 Å². The monoisotopic (exact) mass is 472 g/mol. The van der Waals surface area contributed by atoms with Crippen molar-refractivity contribution in [1.82, 2.24) is 4.31 Å². The minimum atomic E-state index is -3.57. The van der Waals surface area contributed by atoms with E-state index >= 15 is 0 Å². The van der Waals surface area contributed by atoms with Gasteiger partial charge >= 0.3 is 5.97 Å². The summed E-state index contributed by atoms with van der Waals surface area (Å²) < 4.78 is 43.0. The minimum Gasteiger partial charge on any atom is -0.493 e. The van der Waals surface area contributed by atoms with Crippen LogP contribution >= 0.6 is 0 Å². The normalized spacial score (nSPS) is 15.0. The molecule has 9 heteroatoms. The molecule has 2 aromatic carbocycles. The molecule has 1 heterocycles. The summed E-state index contributed by atoms with van der Waals surface area (Å²) in [7, 11) is -2.02. The Morgan fingerprint density at radius 3 is 2.33 bits per heavy atom. The Hall–Kier alpha value is -3.17. The molecule has 33 heavy (non-hydrogen) atoms. The summed E-state index contributed by atoms with van der Waals surface area (Å²) in [5, 5.41) is 0. The molecule has 0 spiro atoms. The van der Waals surface area contributed by atoms with Crippen LogP contribution < -0.4 is 9.47 Å². The number of rotatable bonds is 10. The zero-order chi connectivity index (χ0) is 24.0. The van der Waals surface area contributed by atoms with Gasteiger partial charge in [-0.2, -0.15) is 4.31 Å². The molecule has 0 amide bonds. The second kappa shape index (κ2) is 10.6. The molecule has 2 aromatic rings. The Labute approximate surface area is 194 Å². The summed E-state index contributed by atoms with van der Waals surface area (Å²) in [6.07, 6.45) is 2.47. The SMILES string of the molecule is CCCOc1ccc(/C=C2\N=C(c3ccc(S(=O)(=O)N(CC)CC)cc3)OC2=O)cc1OC. The van der Waals surface area contributed by atoms with Crippen molar-refractivity contribution in [3.63, 3.8) is 0 Å². The van der Waals surface area contributed by atoms with E-state index in [-0.39, 0.29) is 16.5 Å². The van der Waals surface area contributed by atoms with Crippen LogP contribution in [0.5, 0.6) is 11.5 Å². The molecule has 0 aromatic heterocycles. The topological polar surface area (TPSA) is 94.5 Å². The first-order chi connectivity index (χ1) is 15.8. The number of benzene rings is 2. The maximum absolute atomic E-state index is 12.7. The third-order valence-corrected chi connectivity index (χ3v) is 7.08. The van der Waals surface area contributed by atoms with Crippen LogP contribution in [0.3, 0.4) is 0 Å². The highest BCUT2D eigenvalue weighted by molar-refractivity contribution is 7.89. The highest BCUT2D eigenvalue weighted by atomic mass is 32.2. The Bertz CT molecular complexity index is 1170. The number of nitrogens with zero attached hydrogens (tertiary/aromatic N) is 2. The molecule has 0 saturated heterocycles. The zero-order valence-electron chi connectivity index (χ0n) is 19.2. The van der Waals surface area contributed by atoms with Gasteiger partial charge in [0.15, 0.2) is 17.2 Å². The third-order valence-electron chi connectivity index (χ3n) is 5.02. The standard InChI is InChI=1S/C24H28N2O6S/c1-5-14-31-21-13-8-17(16-22(21)30-4)15-20-24(27)32-23(25-20)18-9-11-19(12-10-18)33(28,29)26(6-2)7-3/h8-13,15-16H,5-7,14H2,1-4H3/b20-15-. The van der Waals surface area contributed by atoms with Crippen molar-refractivity contribution in [3.8, 4) is 11.5 Å². The average molecular weight is 473 g/mol. The number of cyclic esters (lactones) is 1. The first kappa shape index (κ1) is 24.5. The van der Waals surface area contributed by atoms with E-state index in [1.165, 1.54) is 16.4 Å². The van der Waals surface area contributed by atoms with Crippen molar-refractivity contribution < 1.29 is 27.4 Å². The maximum atomic E-state index is 12.7. The summed E-state index contributed by atoms with van der Waals surface area (Å²) in [5.74, 6) is 0.709. The number of carbonyl (C=O) groups is 1. The molecule has 1 aliphatic heterocycles. The van der Waals surface area contributed by atoms with Crippen molar-refractivity contribution >= 4 is 28.0 Å². The number of sulfonamides is 1. The van der Waals surface area contributed by atoms with E-state index in [1.54, 1.807) is 57.4 Å². The molecule has 0 atom stereocenters. The molecule has 8 nitrogen and oxygen atoms in total. The van der Waals surface area contributed by atoms with Gasteiger partial charge in [-0.1, -0.05) is 26.8 Å². The van der Waals surface area contributed by atoms with E-state index in [0.717, 1.165) is 6.42 Å².